The van der Waals surface area contributed by atoms with Gasteiger partial charge in [-0.25, -0.2) is 4.98 Å². The number of aromatic amines is 1. The smallest absolute Gasteiger partial charge is 0.180 e. The van der Waals surface area contributed by atoms with Crippen LogP contribution in [0.2, 0.25) is 0 Å². The second-order valence-corrected chi connectivity index (χ2v) is 6.48. The zero-order chi connectivity index (χ0) is 17.1. The lowest BCUT2D eigenvalue weighted by Crippen LogP contribution is -2.38. The molecule has 6 nitrogen and oxygen atoms in total. The fourth-order valence-corrected chi connectivity index (χ4v) is 3.23. The number of nitrogens with one attached hydrogen (secondary N) is 1. The first-order chi connectivity index (χ1) is 12.3. The molecule has 130 valence electrons. The van der Waals surface area contributed by atoms with Crippen molar-refractivity contribution in [3.05, 3.63) is 53.7 Å². The highest BCUT2D eigenvalue weighted by Gasteiger charge is 2.25. The Morgan fingerprint density at radius 3 is 3.04 bits per heavy atom. The van der Waals surface area contributed by atoms with Crippen LogP contribution in [0.3, 0.4) is 0 Å². The monoisotopic (exact) mass is 337 g/mol. The van der Waals surface area contributed by atoms with Gasteiger partial charge in [0.15, 0.2) is 5.82 Å². The van der Waals surface area contributed by atoms with Gasteiger partial charge in [0.2, 0.25) is 0 Å². The van der Waals surface area contributed by atoms with Gasteiger partial charge in [0.05, 0.1) is 17.8 Å². The summed E-state index contributed by atoms with van der Waals surface area (Å²) in [6.07, 6.45) is 1.90. The molecule has 0 radical (unpaired) electrons. The van der Waals surface area contributed by atoms with Crippen LogP contribution >= 0.6 is 0 Å². The molecular weight excluding hydrogens is 314 g/mol. The summed E-state index contributed by atoms with van der Waals surface area (Å²) < 4.78 is 5.89. The summed E-state index contributed by atoms with van der Waals surface area (Å²) in [7, 11) is 0. The largest absolute Gasteiger partial charge is 0.367 e. The number of hydrogen-bond acceptors (Lipinski definition) is 5. The Balaban J connectivity index is 1.44. The molecule has 3 aromatic rings. The highest BCUT2D eigenvalue weighted by Crippen LogP contribution is 2.21. The molecule has 1 atom stereocenters. The number of hydrogen-bond donors (Lipinski definition) is 1. The van der Waals surface area contributed by atoms with E-state index in [1.807, 2.05) is 12.1 Å². The Morgan fingerprint density at radius 2 is 2.12 bits per heavy atom. The fraction of sp³-hybridized carbons (Fsp3) is 0.421. The maximum atomic E-state index is 5.89. The van der Waals surface area contributed by atoms with Gasteiger partial charge in [-0.15, -0.1) is 0 Å². The van der Waals surface area contributed by atoms with E-state index in [9.17, 15) is 0 Å². The third kappa shape index (κ3) is 3.70. The number of para-hydroxylation sites is 1. The van der Waals surface area contributed by atoms with Crippen LogP contribution in [0.15, 0.2) is 36.4 Å². The minimum absolute atomic E-state index is 0.0731. The molecular formula is C19H23N5O. The molecule has 3 heterocycles. The van der Waals surface area contributed by atoms with Crippen molar-refractivity contribution in [2.24, 2.45) is 0 Å². The third-order valence-electron chi connectivity index (χ3n) is 4.52. The summed E-state index contributed by atoms with van der Waals surface area (Å²) in [5.74, 6) is 1.70. The predicted molar refractivity (Wildman–Crippen MR) is 96.1 cm³/mol. The lowest BCUT2D eigenvalue weighted by molar-refractivity contribution is -0.0374. The number of rotatable bonds is 5. The van der Waals surface area contributed by atoms with Gasteiger partial charge >= 0.3 is 0 Å². The van der Waals surface area contributed by atoms with Crippen LogP contribution in [0, 0.1) is 0 Å². The average molecular weight is 337 g/mol. The average Bonchev–Trinajstić information content (AvgIpc) is 3.11. The molecule has 1 saturated heterocycles. The zero-order valence-corrected chi connectivity index (χ0v) is 14.5. The first kappa shape index (κ1) is 16.2. The Kier molecular flexibility index (Phi) is 4.72. The summed E-state index contributed by atoms with van der Waals surface area (Å²) >= 11 is 0. The topological polar surface area (TPSA) is 66.9 Å². The number of fused-ring (bicyclic) bond motifs is 1. The summed E-state index contributed by atoms with van der Waals surface area (Å²) in [4.78, 5) is 11.7. The number of nitrogens with zero attached hydrogens (tertiary/aromatic N) is 4. The SMILES string of the molecule is CCCc1nc([C@@H]2CN(Cc3ccc4ccccc4n3)CCO2)n[nH]1. The van der Waals surface area contributed by atoms with Gasteiger partial charge in [0.1, 0.15) is 11.9 Å². The van der Waals surface area contributed by atoms with Crippen molar-refractivity contribution < 1.29 is 4.74 Å². The lowest BCUT2D eigenvalue weighted by Gasteiger charge is -2.31. The summed E-state index contributed by atoms with van der Waals surface area (Å²) in [6, 6.07) is 12.5. The molecule has 25 heavy (non-hydrogen) atoms. The Morgan fingerprint density at radius 1 is 1.20 bits per heavy atom. The molecule has 0 unspecified atom stereocenters. The van der Waals surface area contributed by atoms with Gasteiger partial charge in [0.25, 0.3) is 0 Å². The minimum Gasteiger partial charge on any atom is -0.367 e. The van der Waals surface area contributed by atoms with Crippen molar-refractivity contribution in [3.8, 4) is 0 Å². The lowest BCUT2D eigenvalue weighted by atomic mass is 10.2. The van der Waals surface area contributed by atoms with E-state index in [2.05, 4.69) is 51.3 Å². The van der Waals surface area contributed by atoms with Crippen molar-refractivity contribution in [3.63, 3.8) is 0 Å². The number of aromatic nitrogens is 4. The van der Waals surface area contributed by atoms with E-state index < -0.39 is 0 Å². The third-order valence-corrected chi connectivity index (χ3v) is 4.52. The van der Waals surface area contributed by atoms with Gasteiger partial charge in [0, 0.05) is 31.4 Å². The molecule has 1 aliphatic heterocycles. The van der Waals surface area contributed by atoms with Crippen LogP contribution < -0.4 is 0 Å². The van der Waals surface area contributed by atoms with Crippen LogP contribution in [0.1, 0.15) is 36.8 Å². The van der Waals surface area contributed by atoms with Crippen LogP contribution in [-0.4, -0.2) is 44.8 Å². The van der Waals surface area contributed by atoms with E-state index in [0.29, 0.717) is 6.61 Å². The number of ether oxygens (including phenoxy) is 1. The maximum Gasteiger partial charge on any atom is 0.180 e. The normalized spacial score (nSPS) is 18.7. The molecule has 1 aliphatic rings. The molecule has 1 aromatic carbocycles. The molecule has 0 bridgehead atoms. The van der Waals surface area contributed by atoms with Crippen LogP contribution in [0.25, 0.3) is 10.9 Å². The van der Waals surface area contributed by atoms with E-state index in [-0.39, 0.29) is 6.10 Å². The molecule has 4 rings (SSSR count). The minimum atomic E-state index is -0.0731. The Hall–Kier alpha value is -2.31. The van der Waals surface area contributed by atoms with Crippen LogP contribution in [0.4, 0.5) is 0 Å². The number of H-pyrrole nitrogens is 1. The fourth-order valence-electron chi connectivity index (χ4n) is 3.23. The molecule has 1 N–H and O–H groups in total. The second kappa shape index (κ2) is 7.29. The van der Waals surface area contributed by atoms with E-state index in [4.69, 9.17) is 9.72 Å². The van der Waals surface area contributed by atoms with E-state index in [1.165, 1.54) is 5.39 Å². The first-order valence-corrected chi connectivity index (χ1v) is 8.91. The summed E-state index contributed by atoms with van der Waals surface area (Å²) in [6.45, 7) is 5.33. The molecule has 0 amide bonds. The van der Waals surface area contributed by atoms with Crippen LogP contribution in [-0.2, 0) is 17.7 Å². The molecule has 2 aromatic heterocycles. The zero-order valence-electron chi connectivity index (χ0n) is 14.5. The van der Waals surface area contributed by atoms with Gasteiger partial charge in [-0.05, 0) is 18.6 Å². The van der Waals surface area contributed by atoms with Crippen molar-refractivity contribution >= 4 is 10.9 Å². The van der Waals surface area contributed by atoms with E-state index in [0.717, 1.165) is 55.3 Å². The quantitative estimate of drug-likeness (QED) is 0.775. The van der Waals surface area contributed by atoms with Gasteiger partial charge in [-0.3, -0.25) is 15.0 Å². The van der Waals surface area contributed by atoms with Crippen molar-refractivity contribution in [2.75, 3.05) is 19.7 Å². The van der Waals surface area contributed by atoms with Gasteiger partial charge in [-0.1, -0.05) is 31.2 Å². The Bertz CT molecular complexity index is 846. The molecule has 0 aliphatic carbocycles. The standard InChI is InChI=1S/C19H23N5O/c1-2-5-18-21-19(23-22-18)17-13-24(10-11-25-17)12-15-9-8-14-6-3-4-7-16(14)20-15/h3-4,6-9,17H,2,5,10-13H2,1H3,(H,21,22,23)/t17-/m0/s1. The first-order valence-electron chi connectivity index (χ1n) is 8.91. The van der Waals surface area contributed by atoms with Gasteiger partial charge in [-0.2, -0.15) is 5.10 Å². The van der Waals surface area contributed by atoms with Crippen molar-refractivity contribution in [1.82, 2.24) is 25.1 Å². The number of pyridine rings is 1. The number of benzene rings is 1. The van der Waals surface area contributed by atoms with E-state index >= 15 is 0 Å². The summed E-state index contributed by atoms with van der Waals surface area (Å²) in [5.41, 5.74) is 2.13. The second-order valence-electron chi connectivity index (χ2n) is 6.48. The van der Waals surface area contributed by atoms with E-state index in [1.54, 1.807) is 0 Å². The molecule has 0 spiro atoms. The van der Waals surface area contributed by atoms with Crippen molar-refractivity contribution in [2.45, 2.75) is 32.4 Å². The highest BCUT2D eigenvalue weighted by molar-refractivity contribution is 5.78. The summed E-state index contributed by atoms with van der Waals surface area (Å²) in [5, 5.41) is 8.53. The maximum absolute atomic E-state index is 5.89. The number of morpholine rings is 1. The molecule has 0 saturated carbocycles. The molecule has 6 heteroatoms. The highest BCUT2D eigenvalue weighted by atomic mass is 16.5. The molecule has 1 fully saturated rings. The van der Waals surface area contributed by atoms with Crippen molar-refractivity contribution in [1.29, 1.82) is 0 Å². The predicted octanol–water partition coefficient (Wildman–Crippen LogP) is 2.88. The van der Waals surface area contributed by atoms with Gasteiger partial charge < -0.3 is 4.74 Å². The Labute approximate surface area is 147 Å². The van der Waals surface area contributed by atoms with Crippen LogP contribution in [0.5, 0.6) is 0 Å². The number of aryl methyl sites for hydroxylation is 1.